The second-order valence-corrected chi connectivity index (χ2v) is 10.5. The predicted octanol–water partition coefficient (Wildman–Crippen LogP) is 4.71. The minimum Gasteiger partial charge on any atom is -0.497 e. The third-order valence-corrected chi connectivity index (χ3v) is 8.44. The van der Waals surface area contributed by atoms with E-state index in [2.05, 4.69) is 0 Å². The number of ether oxygens (including phenoxy) is 5. The van der Waals surface area contributed by atoms with Gasteiger partial charge in [-0.2, -0.15) is 0 Å². The van der Waals surface area contributed by atoms with Crippen molar-refractivity contribution in [2.24, 2.45) is 5.92 Å². The van der Waals surface area contributed by atoms with Gasteiger partial charge in [0.25, 0.3) is 0 Å². The number of esters is 1. The van der Waals surface area contributed by atoms with E-state index < -0.39 is 35.1 Å². The van der Waals surface area contributed by atoms with Gasteiger partial charge in [-0.25, -0.2) is 0 Å². The summed E-state index contributed by atoms with van der Waals surface area (Å²) >= 11 is 0. The zero-order valence-electron chi connectivity index (χ0n) is 23.5. The average molecular weight is 569 g/mol. The van der Waals surface area contributed by atoms with Crippen LogP contribution in [0.15, 0.2) is 97.1 Å². The number of fused-ring (bicyclic) bond motifs is 3. The van der Waals surface area contributed by atoms with E-state index in [0.29, 0.717) is 29.2 Å². The van der Waals surface area contributed by atoms with Crippen LogP contribution in [0, 0.1) is 5.92 Å². The molecule has 2 aliphatic rings. The minimum atomic E-state index is -2.13. The minimum absolute atomic E-state index is 0.229. The first-order valence-electron chi connectivity index (χ1n) is 13.6. The number of hydrogen-bond acceptors (Lipinski definition) is 8. The molecule has 216 valence electrons. The molecule has 1 heterocycles. The van der Waals surface area contributed by atoms with Gasteiger partial charge in [-0.3, -0.25) is 4.79 Å². The molecule has 1 saturated carbocycles. The first-order valence-corrected chi connectivity index (χ1v) is 13.6. The number of carbonyl (C=O) groups is 1. The second kappa shape index (κ2) is 10.7. The van der Waals surface area contributed by atoms with Gasteiger partial charge in [0.1, 0.15) is 35.7 Å². The molecule has 8 heteroatoms. The van der Waals surface area contributed by atoms with Gasteiger partial charge in [0.2, 0.25) is 0 Å². The van der Waals surface area contributed by atoms with E-state index in [0.717, 1.165) is 5.56 Å². The maximum absolute atomic E-state index is 13.4. The van der Waals surface area contributed by atoms with E-state index in [-0.39, 0.29) is 17.1 Å². The van der Waals surface area contributed by atoms with Crippen LogP contribution in [0.3, 0.4) is 0 Å². The highest BCUT2D eigenvalue weighted by Gasteiger charge is 2.78. The summed E-state index contributed by atoms with van der Waals surface area (Å²) in [5, 5.41) is 24.9. The molecule has 1 aliphatic carbocycles. The van der Waals surface area contributed by atoms with Crippen molar-refractivity contribution in [1.29, 1.82) is 0 Å². The summed E-state index contributed by atoms with van der Waals surface area (Å²) in [6, 6.07) is 29.4. The molecule has 0 saturated heterocycles. The lowest BCUT2D eigenvalue weighted by Gasteiger charge is -2.40. The van der Waals surface area contributed by atoms with Crippen molar-refractivity contribution >= 4 is 5.97 Å². The third-order valence-electron chi connectivity index (χ3n) is 8.44. The van der Waals surface area contributed by atoms with Gasteiger partial charge in [0.05, 0.1) is 32.8 Å². The predicted molar refractivity (Wildman–Crippen MR) is 154 cm³/mol. The van der Waals surface area contributed by atoms with Gasteiger partial charge in [-0.1, -0.05) is 72.8 Å². The fraction of sp³-hybridized carbons (Fsp3) is 0.265. The lowest BCUT2D eigenvalue weighted by Crippen LogP contribution is -2.52. The summed E-state index contributed by atoms with van der Waals surface area (Å²) in [7, 11) is 4.30. The first kappa shape index (κ1) is 27.6. The normalized spacial score (nSPS) is 25.6. The highest BCUT2D eigenvalue weighted by Crippen LogP contribution is 2.70. The quantitative estimate of drug-likeness (QED) is 0.295. The zero-order chi connectivity index (χ0) is 29.5. The summed E-state index contributed by atoms with van der Waals surface area (Å²) in [6.07, 6.45) is -1.62. The largest absolute Gasteiger partial charge is 0.497 e. The molecule has 4 aromatic carbocycles. The van der Waals surface area contributed by atoms with Crippen molar-refractivity contribution in [2.45, 2.75) is 29.8 Å². The van der Waals surface area contributed by atoms with E-state index in [1.807, 2.05) is 60.7 Å². The fourth-order valence-electron chi connectivity index (χ4n) is 6.61. The summed E-state index contributed by atoms with van der Waals surface area (Å²) in [4.78, 5) is 13.4. The topological polar surface area (TPSA) is 104 Å². The molecule has 0 radical (unpaired) electrons. The number of methoxy groups -OCH3 is 3. The summed E-state index contributed by atoms with van der Waals surface area (Å²) in [5.41, 5.74) is -1.36. The molecule has 0 bridgehead atoms. The van der Waals surface area contributed by atoms with Crippen molar-refractivity contribution in [3.63, 3.8) is 0 Å². The van der Waals surface area contributed by atoms with E-state index in [4.69, 9.17) is 23.7 Å². The highest BCUT2D eigenvalue weighted by molar-refractivity contribution is 5.78. The van der Waals surface area contributed by atoms with E-state index in [9.17, 15) is 15.0 Å². The highest BCUT2D eigenvalue weighted by atomic mass is 16.6. The van der Waals surface area contributed by atoms with Crippen LogP contribution in [0.5, 0.6) is 23.0 Å². The van der Waals surface area contributed by atoms with Crippen LogP contribution in [0.1, 0.15) is 28.2 Å². The van der Waals surface area contributed by atoms with E-state index in [1.54, 1.807) is 43.5 Å². The smallest absolute Gasteiger partial charge is 0.312 e. The van der Waals surface area contributed by atoms with Gasteiger partial charge in [-0.15, -0.1) is 0 Å². The molecule has 6 rings (SSSR count). The van der Waals surface area contributed by atoms with E-state index >= 15 is 0 Å². The Morgan fingerprint density at radius 1 is 0.857 bits per heavy atom. The molecule has 42 heavy (non-hydrogen) atoms. The Balaban J connectivity index is 1.58. The van der Waals surface area contributed by atoms with Gasteiger partial charge >= 0.3 is 5.97 Å². The molecular formula is C34H32O8. The molecule has 0 unspecified atom stereocenters. The molecule has 5 atom stereocenters. The number of rotatable bonds is 8. The Bertz CT molecular complexity index is 1570. The molecule has 8 nitrogen and oxygen atoms in total. The van der Waals surface area contributed by atoms with Crippen LogP contribution in [0.25, 0.3) is 0 Å². The van der Waals surface area contributed by atoms with E-state index in [1.165, 1.54) is 14.2 Å². The lowest BCUT2D eigenvalue weighted by molar-refractivity contribution is -0.161. The van der Waals surface area contributed by atoms with Crippen LogP contribution in [-0.2, 0) is 27.3 Å². The van der Waals surface area contributed by atoms with Crippen LogP contribution in [-0.4, -0.2) is 43.6 Å². The van der Waals surface area contributed by atoms with Crippen molar-refractivity contribution < 1.29 is 38.7 Å². The van der Waals surface area contributed by atoms with Crippen LogP contribution < -0.4 is 18.9 Å². The SMILES string of the molecule is COC(=O)[C@H]1[C@@H](O)[C@@]2(O)c3c(OC)cc(OCc4ccccc4)cc3O[C@@]2(c2ccc(OC)cc2)[C@@H]1c1ccccc1. The number of carbonyl (C=O) groups excluding carboxylic acids is 1. The Kier molecular flexibility index (Phi) is 7.04. The average Bonchev–Trinajstić information content (AvgIpc) is 3.42. The molecule has 1 fully saturated rings. The maximum Gasteiger partial charge on any atom is 0.312 e. The zero-order valence-corrected chi connectivity index (χ0v) is 23.5. The van der Waals surface area contributed by atoms with Crippen molar-refractivity contribution in [1.82, 2.24) is 0 Å². The summed E-state index contributed by atoms with van der Waals surface area (Å²) < 4.78 is 29.3. The Hall–Kier alpha value is -4.53. The molecule has 0 aromatic heterocycles. The van der Waals surface area contributed by atoms with Crippen LogP contribution in [0.2, 0.25) is 0 Å². The third kappa shape index (κ3) is 4.01. The second-order valence-electron chi connectivity index (χ2n) is 10.5. The summed E-state index contributed by atoms with van der Waals surface area (Å²) in [6.45, 7) is 0.302. The number of benzene rings is 4. The monoisotopic (exact) mass is 568 g/mol. The summed E-state index contributed by atoms with van der Waals surface area (Å²) in [5.74, 6) is -1.11. The van der Waals surface area contributed by atoms with Gasteiger partial charge in [0.15, 0.2) is 11.2 Å². The Labute approximate surface area is 244 Å². The van der Waals surface area contributed by atoms with Crippen LogP contribution in [0.4, 0.5) is 0 Å². The van der Waals surface area contributed by atoms with Crippen LogP contribution >= 0.6 is 0 Å². The van der Waals surface area contributed by atoms with Gasteiger partial charge in [-0.05, 0) is 28.8 Å². The van der Waals surface area contributed by atoms with Gasteiger partial charge < -0.3 is 33.9 Å². The number of hydrogen-bond donors (Lipinski definition) is 2. The number of aliphatic hydroxyl groups is 2. The standard InChI is InChI=1S/C34H32O8/c1-38-24-16-14-23(15-17-24)34-29(22-12-8-5-9-13-22)28(32(36)40-3)31(35)33(34,37)30-26(39-2)18-25(19-27(30)42-34)41-20-21-10-6-4-7-11-21/h4-19,28-29,31,35,37H,20H2,1-3H3/t28-,29-,31-,33+,34+/m1/s1. The van der Waals surface area contributed by atoms with Crippen molar-refractivity contribution in [2.75, 3.05) is 21.3 Å². The Morgan fingerprint density at radius 3 is 2.14 bits per heavy atom. The van der Waals surface area contributed by atoms with Gasteiger partial charge in [0, 0.05) is 18.1 Å². The number of aliphatic hydroxyl groups excluding tert-OH is 1. The lowest BCUT2D eigenvalue weighted by atomic mass is 9.70. The molecule has 0 amide bonds. The molecule has 4 aromatic rings. The first-order chi connectivity index (χ1) is 20.4. The molecular weight excluding hydrogens is 536 g/mol. The van der Waals surface area contributed by atoms with Crippen molar-refractivity contribution in [3.8, 4) is 23.0 Å². The molecule has 1 aliphatic heterocycles. The maximum atomic E-state index is 13.4. The molecule has 2 N–H and O–H groups in total. The fourth-order valence-corrected chi connectivity index (χ4v) is 6.61. The molecule has 0 spiro atoms. The Morgan fingerprint density at radius 2 is 1.52 bits per heavy atom. The van der Waals surface area contributed by atoms with Crippen molar-refractivity contribution in [3.05, 3.63) is 119 Å².